The van der Waals surface area contributed by atoms with E-state index in [4.69, 9.17) is 4.74 Å². The molecule has 0 heterocycles. The van der Waals surface area contributed by atoms with Crippen molar-refractivity contribution in [1.82, 2.24) is 9.80 Å². The Labute approximate surface area is 262 Å². The van der Waals surface area contributed by atoms with Crippen LogP contribution in [0, 0.1) is 11.8 Å². The monoisotopic (exact) mass is 626 g/mol. The van der Waals surface area contributed by atoms with Crippen LogP contribution in [0.5, 0.6) is 11.5 Å². The van der Waals surface area contributed by atoms with Gasteiger partial charge in [0, 0.05) is 23.5 Å². The van der Waals surface area contributed by atoms with Gasteiger partial charge in [0.05, 0.1) is 0 Å². The molecule has 0 aromatic heterocycles. The predicted octanol–water partition coefficient (Wildman–Crippen LogP) is 4.05. The molecule has 2 unspecified atom stereocenters. The summed E-state index contributed by atoms with van der Waals surface area (Å²) in [5, 5.41) is 23.9. The van der Waals surface area contributed by atoms with Gasteiger partial charge < -0.3 is 35.4 Å². The van der Waals surface area contributed by atoms with Crippen LogP contribution in [0.1, 0.15) is 55.4 Å². The molecule has 0 saturated heterocycles. The summed E-state index contributed by atoms with van der Waals surface area (Å²) in [7, 11) is 0. The Morgan fingerprint density at radius 1 is 0.556 bits per heavy atom. The quantitative estimate of drug-likeness (QED) is 0.253. The molecule has 4 amide bonds. The summed E-state index contributed by atoms with van der Waals surface area (Å²) in [5.74, 6) is -6.46. The number of carboxylic acid groups (broad SMARTS) is 2. The molecule has 2 aromatic rings. The van der Waals surface area contributed by atoms with Crippen molar-refractivity contribution in [1.29, 1.82) is 0 Å². The molecule has 4 N–H and O–H groups in total. The van der Waals surface area contributed by atoms with Gasteiger partial charge in [-0.2, -0.15) is 0 Å². The van der Waals surface area contributed by atoms with E-state index in [0.717, 1.165) is 9.80 Å². The molecule has 0 spiro atoms. The number of amides is 4. The summed E-state index contributed by atoms with van der Waals surface area (Å²) in [6, 6.07) is 9.81. The van der Waals surface area contributed by atoms with Gasteiger partial charge in [0.15, 0.2) is 0 Å². The normalized spacial score (nSPS) is 12.4. The zero-order chi connectivity index (χ0) is 34.2. The van der Waals surface area contributed by atoms with E-state index < -0.39 is 59.7 Å². The second-order valence-electron chi connectivity index (χ2n) is 11.7. The first-order chi connectivity index (χ1) is 21.0. The summed E-state index contributed by atoms with van der Waals surface area (Å²) in [6.45, 7) is 13.5. The van der Waals surface area contributed by atoms with E-state index >= 15 is 0 Å². The molecule has 0 radical (unpaired) electrons. The number of ether oxygens (including phenoxy) is 1. The number of aliphatic carboxylic acids is 2. The smallest absolute Gasteiger partial charge is 0.394 e. The lowest BCUT2D eigenvalue weighted by molar-refractivity contribution is -0.160. The number of hydrogen-bond donors (Lipinski definition) is 4. The van der Waals surface area contributed by atoms with Crippen LogP contribution in [0.15, 0.2) is 48.5 Å². The first kappa shape index (κ1) is 36.3. The molecule has 244 valence electrons. The number of rotatable bonds is 12. The summed E-state index contributed by atoms with van der Waals surface area (Å²) >= 11 is 0. The molecule has 0 aliphatic carbocycles. The molecule has 45 heavy (non-hydrogen) atoms. The highest BCUT2D eigenvalue weighted by Crippen LogP contribution is 2.26. The van der Waals surface area contributed by atoms with E-state index in [1.165, 1.54) is 0 Å². The fourth-order valence-electron chi connectivity index (χ4n) is 4.87. The molecule has 2 atom stereocenters. The maximum Gasteiger partial charge on any atom is 0.394 e. The average Bonchev–Trinajstić information content (AvgIpc) is 2.94. The van der Waals surface area contributed by atoms with Crippen molar-refractivity contribution in [2.24, 2.45) is 11.8 Å². The van der Waals surface area contributed by atoms with Gasteiger partial charge in [-0.1, -0.05) is 27.7 Å². The van der Waals surface area contributed by atoms with Crippen LogP contribution in [-0.2, 0) is 28.8 Å². The Kier molecular flexibility index (Phi) is 12.6. The number of carbonyl (C=O) groups is 6. The van der Waals surface area contributed by atoms with Crippen molar-refractivity contribution in [3.63, 3.8) is 0 Å². The molecule has 0 saturated carbocycles. The van der Waals surface area contributed by atoms with E-state index in [-0.39, 0.29) is 11.8 Å². The molecule has 0 aliphatic heterocycles. The van der Waals surface area contributed by atoms with E-state index in [2.05, 4.69) is 10.6 Å². The minimum atomic E-state index is -1.64. The highest BCUT2D eigenvalue weighted by Gasteiger charge is 2.38. The lowest BCUT2D eigenvalue weighted by Crippen LogP contribution is -2.55. The van der Waals surface area contributed by atoms with Gasteiger partial charge in [0.1, 0.15) is 23.6 Å². The maximum absolute atomic E-state index is 13.1. The van der Waals surface area contributed by atoms with Crippen molar-refractivity contribution in [3.05, 3.63) is 48.5 Å². The van der Waals surface area contributed by atoms with Crippen LogP contribution in [-0.4, -0.2) is 79.7 Å². The van der Waals surface area contributed by atoms with E-state index in [1.807, 2.05) is 0 Å². The first-order valence-corrected chi connectivity index (χ1v) is 14.6. The van der Waals surface area contributed by atoms with Crippen LogP contribution in [0.4, 0.5) is 11.4 Å². The van der Waals surface area contributed by atoms with Gasteiger partial charge in [0.2, 0.25) is 11.8 Å². The first-order valence-electron chi connectivity index (χ1n) is 14.6. The standard InChI is InChI=1S/C32H42N4O9/c1-17(2)25(35(19(5)6)29(39)31(41)42)27(37)33-21-9-13-23(14-10-21)45-24-15-11-22(12-16-24)34-28(38)26(18(3)4)36(20(7)8)30(40)32(43)44/h9-20,25-26H,1-8H3,(H,33,37)(H,34,38)(H,41,42)(H,43,44). The van der Waals surface area contributed by atoms with Gasteiger partial charge >= 0.3 is 23.8 Å². The summed E-state index contributed by atoms with van der Waals surface area (Å²) in [5.41, 5.74) is 0.832. The zero-order valence-electron chi connectivity index (χ0n) is 26.7. The molecule has 0 bridgehead atoms. The minimum absolute atomic E-state index is 0.358. The van der Waals surface area contributed by atoms with Gasteiger partial charge in [-0.25, -0.2) is 9.59 Å². The van der Waals surface area contributed by atoms with Crippen molar-refractivity contribution in [3.8, 4) is 11.5 Å². The Hall–Kier alpha value is -4.94. The van der Waals surface area contributed by atoms with Gasteiger partial charge in [0.25, 0.3) is 0 Å². The zero-order valence-corrected chi connectivity index (χ0v) is 26.7. The fraction of sp³-hybridized carbons (Fsp3) is 0.438. The Morgan fingerprint density at radius 3 is 1.07 bits per heavy atom. The summed E-state index contributed by atoms with van der Waals surface area (Å²) in [6.07, 6.45) is 0. The topological polar surface area (TPSA) is 183 Å². The largest absolute Gasteiger partial charge is 0.474 e. The average molecular weight is 627 g/mol. The SMILES string of the molecule is CC(C)C(C(=O)Nc1ccc(Oc2ccc(NC(=O)C(C(C)C)N(C(=O)C(=O)O)C(C)C)cc2)cc1)N(C(=O)C(=O)O)C(C)C. The lowest BCUT2D eigenvalue weighted by Gasteiger charge is -2.35. The van der Waals surface area contributed by atoms with E-state index in [9.17, 15) is 39.0 Å². The lowest BCUT2D eigenvalue weighted by atomic mass is 9.99. The fourth-order valence-corrected chi connectivity index (χ4v) is 4.87. The number of benzene rings is 2. The van der Waals surface area contributed by atoms with Crippen LogP contribution in [0.3, 0.4) is 0 Å². The van der Waals surface area contributed by atoms with Gasteiger partial charge in [-0.15, -0.1) is 0 Å². The van der Waals surface area contributed by atoms with Crippen LogP contribution in [0.25, 0.3) is 0 Å². The Morgan fingerprint density at radius 2 is 0.844 bits per heavy atom. The molecule has 13 heteroatoms. The molecule has 13 nitrogen and oxygen atoms in total. The number of anilines is 2. The third-order valence-corrected chi connectivity index (χ3v) is 6.83. The van der Waals surface area contributed by atoms with Crippen LogP contribution < -0.4 is 15.4 Å². The van der Waals surface area contributed by atoms with Gasteiger partial charge in [-0.3, -0.25) is 19.2 Å². The molecule has 0 aliphatic rings. The summed E-state index contributed by atoms with van der Waals surface area (Å²) in [4.78, 5) is 75.7. The van der Waals surface area contributed by atoms with Gasteiger partial charge in [-0.05, 0) is 88.1 Å². The second kappa shape index (κ2) is 15.7. The van der Waals surface area contributed by atoms with E-state index in [0.29, 0.717) is 22.9 Å². The third kappa shape index (κ3) is 9.52. The van der Waals surface area contributed by atoms with Crippen molar-refractivity contribution < 1.29 is 43.7 Å². The number of nitrogens with zero attached hydrogens (tertiary/aromatic N) is 2. The van der Waals surface area contributed by atoms with Crippen molar-refractivity contribution in [2.45, 2.75) is 79.6 Å². The molecule has 0 fully saturated rings. The summed E-state index contributed by atoms with van der Waals surface area (Å²) < 4.78 is 5.86. The number of carbonyl (C=O) groups excluding carboxylic acids is 4. The highest BCUT2D eigenvalue weighted by molar-refractivity contribution is 6.32. The number of nitrogens with one attached hydrogen (secondary N) is 2. The Balaban J connectivity index is 2.12. The van der Waals surface area contributed by atoms with Crippen molar-refractivity contribution >= 4 is 46.9 Å². The number of carboxylic acids is 2. The highest BCUT2D eigenvalue weighted by atomic mass is 16.5. The molecule has 2 aromatic carbocycles. The third-order valence-electron chi connectivity index (χ3n) is 6.83. The molecule has 2 rings (SSSR count). The minimum Gasteiger partial charge on any atom is -0.474 e. The molecular formula is C32H42N4O9. The van der Waals surface area contributed by atoms with Crippen LogP contribution >= 0.6 is 0 Å². The van der Waals surface area contributed by atoms with E-state index in [1.54, 1.807) is 104 Å². The predicted molar refractivity (Wildman–Crippen MR) is 167 cm³/mol. The molecular weight excluding hydrogens is 584 g/mol. The van der Waals surface area contributed by atoms with Crippen LogP contribution in [0.2, 0.25) is 0 Å². The maximum atomic E-state index is 13.1. The second-order valence-corrected chi connectivity index (χ2v) is 11.7. The Bertz CT molecular complexity index is 1280. The van der Waals surface area contributed by atoms with Crippen molar-refractivity contribution in [2.75, 3.05) is 10.6 Å². The number of hydrogen-bond acceptors (Lipinski definition) is 7.